The molecule has 42 valence electrons. The van der Waals surface area contributed by atoms with Crippen molar-refractivity contribution in [3.05, 3.63) is 0 Å². The molecule has 0 aliphatic rings. The van der Waals surface area contributed by atoms with Crippen LogP contribution in [0.5, 0.6) is 0 Å². The van der Waals surface area contributed by atoms with Gasteiger partial charge in [-0.25, -0.2) is 0 Å². The molecule has 0 heterocycles. The molecular weight excluding hydrogens is 162 g/mol. The van der Waals surface area contributed by atoms with Crippen LogP contribution in [0.25, 0.3) is 0 Å². The molecule has 0 spiro atoms. The zero-order valence-corrected chi connectivity index (χ0v) is 5.26. The largest absolute Gasteiger partial charge is 0.352 e. The van der Waals surface area contributed by atoms with E-state index in [9.17, 15) is 12.6 Å². The van der Waals surface area contributed by atoms with Gasteiger partial charge >= 0.3 is 9.24 Å². The van der Waals surface area contributed by atoms with Gasteiger partial charge in [0.2, 0.25) is 11.5 Å². The first kappa shape index (κ1) is 7.06. The first-order valence-corrected chi connectivity index (χ1v) is 3.98. The van der Waals surface area contributed by atoms with Crippen molar-refractivity contribution in [2.24, 2.45) is 3.77 Å². The Kier molecular flexibility index (Phi) is 2.41. The Morgan fingerprint density at radius 3 is 2.00 bits per heavy atom. The van der Waals surface area contributed by atoms with E-state index in [0.29, 0.717) is 0 Å². The summed E-state index contributed by atoms with van der Waals surface area (Å²) in [6.07, 6.45) is 0. The molecular formula is ClNO3S2. The number of hydrogen-bond donors (Lipinski definition) is 0. The zero-order chi connectivity index (χ0) is 5.91. The van der Waals surface area contributed by atoms with Gasteiger partial charge < -0.3 is 0 Å². The fourth-order valence-electron chi connectivity index (χ4n) is 0.0363. The van der Waals surface area contributed by atoms with Crippen molar-refractivity contribution in [3.63, 3.8) is 0 Å². The Hall–Kier alpha value is 0.0600. The van der Waals surface area contributed by atoms with Crippen molar-refractivity contribution in [2.45, 2.75) is 0 Å². The van der Waals surface area contributed by atoms with Gasteiger partial charge in [0, 0.05) is 10.7 Å². The summed E-state index contributed by atoms with van der Waals surface area (Å²) in [5.41, 5.74) is 0. The monoisotopic (exact) mass is 161 g/mol. The van der Waals surface area contributed by atoms with Gasteiger partial charge in [-0.1, -0.05) is 3.77 Å². The Morgan fingerprint density at radius 2 is 2.00 bits per heavy atom. The van der Waals surface area contributed by atoms with E-state index in [-0.39, 0.29) is 0 Å². The standard InChI is InChI=1S/ClNO3S2/c1-7(4,5)2-6-3. The van der Waals surface area contributed by atoms with Gasteiger partial charge in [-0.2, -0.15) is 12.6 Å². The van der Waals surface area contributed by atoms with E-state index in [2.05, 4.69) is 14.5 Å². The third-order valence-electron chi connectivity index (χ3n) is 0.119. The number of rotatable bonds is 1. The van der Waals surface area contributed by atoms with Gasteiger partial charge in [0.1, 0.15) is 0 Å². The van der Waals surface area contributed by atoms with Crippen LogP contribution in [0.1, 0.15) is 0 Å². The summed E-state index contributed by atoms with van der Waals surface area (Å²) in [6.45, 7) is 0. The van der Waals surface area contributed by atoms with Crippen molar-refractivity contribution < 1.29 is 12.6 Å². The van der Waals surface area contributed by atoms with Gasteiger partial charge in [0.25, 0.3) is 0 Å². The van der Waals surface area contributed by atoms with Crippen LogP contribution in [0.3, 0.4) is 0 Å². The fraction of sp³-hybridized carbons (Fsp3) is 0. The summed E-state index contributed by atoms with van der Waals surface area (Å²) in [5.74, 6) is 0. The lowest BCUT2D eigenvalue weighted by Gasteiger charge is -1.67. The Balaban J connectivity index is 4.44. The number of nitrogens with zero attached hydrogens (tertiary/aromatic N) is 1. The van der Waals surface area contributed by atoms with E-state index >= 15 is 0 Å². The molecule has 7 heteroatoms. The summed E-state index contributed by atoms with van der Waals surface area (Å²) < 4.78 is 30.8. The minimum absolute atomic E-state index is 0.436. The van der Waals surface area contributed by atoms with Gasteiger partial charge in [0.05, 0.1) is 0 Å². The minimum Gasteiger partial charge on any atom is -0.190 e. The molecule has 0 radical (unpaired) electrons. The van der Waals surface area contributed by atoms with Crippen LogP contribution in [-0.4, -0.2) is 12.6 Å². The molecule has 0 atom stereocenters. The van der Waals surface area contributed by atoms with E-state index in [1.165, 1.54) is 0 Å². The maximum Gasteiger partial charge on any atom is 0.352 e. The fourth-order valence-corrected chi connectivity index (χ4v) is 0.534. The predicted octanol–water partition coefficient (Wildman–Crippen LogP) is -0.133. The Morgan fingerprint density at radius 1 is 1.57 bits per heavy atom. The lowest BCUT2D eigenvalue weighted by Crippen LogP contribution is -1.75. The minimum atomic E-state index is -3.93. The SMILES string of the molecule is O=S=NS(=O)(=O)Cl. The van der Waals surface area contributed by atoms with Crippen molar-refractivity contribution >= 4 is 31.4 Å². The number of hydrogen-bond acceptors (Lipinski definition) is 3. The summed E-state index contributed by atoms with van der Waals surface area (Å²) >= 11 is -0.436. The molecule has 0 saturated carbocycles. The molecule has 0 aromatic rings. The second kappa shape index (κ2) is 2.39. The van der Waals surface area contributed by atoms with Gasteiger partial charge in [-0.05, 0) is 0 Å². The number of halogens is 1. The second-order valence-corrected chi connectivity index (χ2v) is 3.30. The summed E-state index contributed by atoms with van der Waals surface area (Å²) in [5, 5.41) is 0. The molecule has 7 heavy (non-hydrogen) atoms. The molecule has 0 rings (SSSR count). The van der Waals surface area contributed by atoms with E-state index in [1.54, 1.807) is 0 Å². The van der Waals surface area contributed by atoms with Crippen LogP contribution in [0.15, 0.2) is 3.77 Å². The first-order valence-electron chi connectivity index (χ1n) is 1.02. The maximum absolute atomic E-state index is 9.61. The van der Waals surface area contributed by atoms with Crippen LogP contribution in [0.4, 0.5) is 0 Å². The molecule has 0 fully saturated rings. The molecule has 0 saturated heterocycles. The molecule has 0 N–H and O–H groups in total. The normalized spacial score (nSPS) is 10.4. The van der Waals surface area contributed by atoms with Crippen LogP contribution in [0, 0.1) is 0 Å². The lowest BCUT2D eigenvalue weighted by molar-refractivity contribution is 0.611. The highest BCUT2D eigenvalue weighted by molar-refractivity contribution is 8.14. The highest BCUT2D eigenvalue weighted by atomic mass is 35.7. The molecule has 0 amide bonds. The summed E-state index contributed by atoms with van der Waals surface area (Å²) in [4.78, 5) is 0. The smallest absolute Gasteiger partial charge is 0.190 e. The van der Waals surface area contributed by atoms with Gasteiger partial charge in [-0.3, -0.25) is 0 Å². The topological polar surface area (TPSA) is 63.6 Å². The summed E-state index contributed by atoms with van der Waals surface area (Å²) in [7, 11) is 0.492. The Labute approximate surface area is 48.3 Å². The van der Waals surface area contributed by atoms with E-state index in [4.69, 9.17) is 0 Å². The van der Waals surface area contributed by atoms with Gasteiger partial charge in [-0.15, -0.1) is 0 Å². The highest BCUT2D eigenvalue weighted by Gasteiger charge is 1.95. The third-order valence-corrected chi connectivity index (χ3v) is 1.58. The van der Waals surface area contributed by atoms with Crippen molar-refractivity contribution in [3.8, 4) is 0 Å². The molecule has 0 aromatic heterocycles. The van der Waals surface area contributed by atoms with Gasteiger partial charge in [0.15, 0.2) is 0 Å². The van der Waals surface area contributed by atoms with Crippen molar-refractivity contribution in [1.29, 1.82) is 0 Å². The lowest BCUT2D eigenvalue weighted by atomic mass is 13.9. The molecule has 0 aromatic carbocycles. The second-order valence-electron chi connectivity index (χ2n) is 0.561. The molecule has 0 unspecified atom stereocenters. The van der Waals surface area contributed by atoms with E-state index in [1.807, 2.05) is 0 Å². The average molecular weight is 162 g/mol. The summed E-state index contributed by atoms with van der Waals surface area (Å²) in [6, 6.07) is 0. The van der Waals surface area contributed by atoms with E-state index in [0.717, 1.165) is 0 Å². The quantitative estimate of drug-likeness (QED) is 0.503. The Bertz CT molecular complexity index is 185. The maximum atomic E-state index is 9.61. The van der Waals surface area contributed by atoms with Crippen LogP contribution in [0.2, 0.25) is 0 Å². The molecule has 0 bridgehead atoms. The van der Waals surface area contributed by atoms with E-state index < -0.39 is 20.7 Å². The van der Waals surface area contributed by atoms with Crippen LogP contribution >= 0.6 is 10.7 Å². The van der Waals surface area contributed by atoms with Crippen molar-refractivity contribution in [2.75, 3.05) is 0 Å². The highest BCUT2D eigenvalue weighted by Crippen LogP contribution is 1.93. The molecule has 0 aliphatic heterocycles. The van der Waals surface area contributed by atoms with Crippen LogP contribution < -0.4 is 0 Å². The zero-order valence-electron chi connectivity index (χ0n) is 2.87. The third kappa shape index (κ3) is 6.06. The van der Waals surface area contributed by atoms with Crippen molar-refractivity contribution in [1.82, 2.24) is 0 Å². The predicted molar refractivity (Wildman–Crippen MR) is 25.3 cm³/mol. The molecule has 0 aliphatic carbocycles. The van der Waals surface area contributed by atoms with Crippen LogP contribution in [-0.2, 0) is 20.7 Å². The molecule has 4 nitrogen and oxygen atoms in total. The first-order chi connectivity index (χ1) is 3.06. The average Bonchev–Trinajstić information content (AvgIpc) is 1.30.